The minimum absolute atomic E-state index is 0.372. The Morgan fingerprint density at radius 2 is 1.05 bits per heavy atom. The largest absolute Gasteiger partial charge is 0.410 e. The average molecular weight is 272 g/mol. The Hall–Kier alpha value is -2.27. The fraction of sp³-hybridized carbons (Fsp3) is 0. The van der Waals surface area contributed by atoms with Crippen molar-refractivity contribution < 1.29 is 10.4 Å². The lowest BCUT2D eigenvalue weighted by molar-refractivity contribution is 0.320. The molecule has 2 N–H and O–H groups in total. The zero-order valence-electron chi connectivity index (χ0n) is 9.97. The number of rotatable bonds is 2. The third-order valence-corrected chi connectivity index (χ3v) is 3.44. The van der Waals surface area contributed by atoms with Gasteiger partial charge in [-0.3, -0.25) is 0 Å². The molecular weight excluding hydrogens is 260 g/mol. The molecule has 0 aliphatic heterocycles. The van der Waals surface area contributed by atoms with Crippen LogP contribution >= 0.6 is 11.8 Å². The Balaban J connectivity index is 2.24. The molecule has 0 atom stereocenters. The van der Waals surface area contributed by atoms with E-state index in [9.17, 15) is 0 Å². The summed E-state index contributed by atoms with van der Waals surface area (Å²) in [7, 11) is 0. The summed E-state index contributed by atoms with van der Waals surface area (Å²) in [5, 5.41) is 25.5. The lowest BCUT2D eigenvalue weighted by atomic mass is 10.2. The van der Waals surface area contributed by atoms with E-state index in [1.165, 1.54) is 0 Å². The molecule has 2 aromatic carbocycles. The van der Waals surface area contributed by atoms with E-state index in [1.54, 1.807) is 0 Å². The molecule has 96 valence electrons. The molecule has 0 aliphatic rings. The van der Waals surface area contributed by atoms with Crippen LogP contribution in [0.25, 0.3) is 0 Å². The van der Waals surface area contributed by atoms with Crippen LogP contribution < -0.4 is 0 Å². The molecular formula is C14H12N2O2S. The molecule has 2 rings (SSSR count). The summed E-state index contributed by atoms with van der Waals surface area (Å²) in [5.74, 6) is 0. The standard InChI is InChI=1S/C14H12N2O2S/c17-15-13(11-7-3-1-4-8-11)19-14(16-18)12-9-5-2-6-10-12/h1-10,17-18H/b15-13+,16-14+. The highest BCUT2D eigenvalue weighted by molar-refractivity contribution is 8.27. The van der Waals surface area contributed by atoms with Gasteiger partial charge in [-0.05, 0) is 11.8 Å². The minimum atomic E-state index is 0.372. The molecule has 0 aliphatic carbocycles. The molecule has 0 saturated heterocycles. The maximum absolute atomic E-state index is 9.10. The molecule has 0 radical (unpaired) electrons. The summed E-state index contributed by atoms with van der Waals surface area (Å²) in [6.07, 6.45) is 0. The average Bonchev–Trinajstić information content (AvgIpc) is 2.50. The van der Waals surface area contributed by atoms with Crippen molar-refractivity contribution in [3.05, 3.63) is 71.8 Å². The quantitative estimate of drug-likeness (QED) is 0.381. The highest BCUT2D eigenvalue weighted by Gasteiger charge is 2.12. The summed E-state index contributed by atoms with van der Waals surface area (Å²) in [6.45, 7) is 0. The van der Waals surface area contributed by atoms with Crippen LogP contribution in [0.15, 0.2) is 71.0 Å². The smallest absolute Gasteiger partial charge is 0.149 e. The van der Waals surface area contributed by atoms with Crippen LogP contribution in [0.1, 0.15) is 11.1 Å². The molecule has 0 heterocycles. The van der Waals surface area contributed by atoms with Crippen molar-refractivity contribution in [1.29, 1.82) is 0 Å². The Morgan fingerprint density at radius 1 is 0.684 bits per heavy atom. The predicted octanol–water partition coefficient (Wildman–Crippen LogP) is 3.39. The second-order valence-electron chi connectivity index (χ2n) is 3.64. The van der Waals surface area contributed by atoms with Gasteiger partial charge in [-0.2, -0.15) is 0 Å². The van der Waals surface area contributed by atoms with Crippen molar-refractivity contribution in [3.63, 3.8) is 0 Å². The van der Waals surface area contributed by atoms with E-state index in [2.05, 4.69) is 10.3 Å². The Bertz CT molecular complexity index is 529. The highest BCUT2D eigenvalue weighted by Crippen LogP contribution is 2.19. The van der Waals surface area contributed by atoms with Gasteiger partial charge in [-0.25, -0.2) is 0 Å². The van der Waals surface area contributed by atoms with Crippen LogP contribution in [-0.2, 0) is 0 Å². The van der Waals surface area contributed by atoms with Gasteiger partial charge in [0.15, 0.2) is 0 Å². The van der Waals surface area contributed by atoms with Crippen molar-refractivity contribution in [2.24, 2.45) is 10.3 Å². The number of thioether (sulfide) groups is 1. The Labute approximate surface area is 115 Å². The van der Waals surface area contributed by atoms with Crippen molar-refractivity contribution in [1.82, 2.24) is 0 Å². The van der Waals surface area contributed by atoms with Crippen molar-refractivity contribution in [3.8, 4) is 0 Å². The van der Waals surface area contributed by atoms with Crippen LogP contribution in [-0.4, -0.2) is 20.5 Å². The van der Waals surface area contributed by atoms with Crippen molar-refractivity contribution in [2.75, 3.05) is 0 Å². The summed E-state index contributed by atoms with van der Waals surface area (Å²) < 4.78 is 0. The lowest BCUT2D eigenvalue weighted by Gasteiger charge is -2.06. The SMILES string of the molecule is O/N=C(/S/C(=N/O)c1ccccc1)c1ccccc1. The van der Waals surface area contributed by atoms with Gasteiger partial charge >= 0.3 is 0 Å². The third kappa shape index (κ3) is 3.35. The first-order valence-electron chi connectivity index (χ1n) is 5.58. The third-order valence-electron chi connectivity index (χ3n) is 2.42. The van der Waals surface area contributed by atoms with E-state index in [1.807, 2.05) is 60.7 Å². The van der Waals surface area contributed by atoms with E-state index >= 15 is 0 Å². The highest BCUT2D eigenvalue weighted by atomic mass is 32.2. The van der Waals surface area contributed by atoms with Gasteiger partial charge < -0.3 is 10.4 Å². The van der Waals surface area contributed by atoms with Crippen LogP contribution in [0.3, 0.4) is 0 Å². The summed E-state index contributed by atoms with van der Waals surface area (Å²) in [6, 6.07) is 18.4. The van der Waals surface area contributed by atoms with Gasteiger partial charge in [-0.15, -0.1) is 0 Å². The molecule has 4 nitrogen and oxygen atoms in total. The molecule has 0 spiro atoms. The zero-order chi connectivity index (χ0) is 13.5. The van der Waals surface area contributed by atoms with Crippen LogP contribution in [0.2, 0.25) is 0 Å². The maximum Gasteiger partial charge on any atom is 0.149 e. The monoisotopic (exact) mass is 272 g/mol. The van der Waals surface area contributed by atoms with E-state index in [0.29, 0.717) is 10.1 Å². The summed E-state index contributed by atoms with van der Waals surface area (Å²) in [5.41, 5.74) is 1.51. The molecule has 5 heteroatoms. The van der Waals surface area contributed by atoms with E-state index < -0.39 is 0 Å². The fourth-order valence-corrected chi connectivity index (χ4v) is 2.30. The van der Waals surface area contributed by atoms with Crippen LogP contribution in [0.5, 0.6) is 0 Å². The number of oxime groups is 2. The van der Waals surface area contributed by atoms with Gasteiger partial charge in [-0.1, -0.05) is 71.0 Å². The molecule has 0 amide bonds. The fourth-order valence-electron chi connectivity index (χ4n) is 1.53. The molecule has 0 aromatic heterocycles. The van der Waals surface area contributed by atoms with E-state index in [-0.39, 0.29) is 0 Å². The van der Waals surface area contributed by atoms with E-state index in [4.69, 9.17) is 10.4 Å². The first-order chi connectivity index (χ1) is 9.35. The molecule has 19 heavy (non-hydrogen) atoms. The van der Waals surface area contributed by atoms with Crippen LogP contribution in [0.4, 0.5) is 0 Å². The number of hydrogen-bond acceptors (Lipinski definition) is 5. The van der Waals surface area contributed by atoms with Gasteiger partial charge in [0.2, 0.25) is 0 Å². The topological polar surface area (TPSA) is 65.2 Å². The normalized spacial score (nSPS) is 12.4. The lowest BCUT2D eigenvalue weighted by Crippen LogP contribution is -2.03. The van der Waals surface area contributed by atoms with Crippen LogP contribution in [0, 0.1) is 0 Å². The van der Waals surface area contributed by atoms with Gasteiger partial charge in [0.1, 0.15) is 10.1 Å². The first-order valence-corrected chi connectivity index (χ1v) is 6.39. The minimum Gasteiger partial charge on any atom is -0.410 e. The predicted molar refractivity (Wildman–Crippen MR) is 77.1 cm³/mol. The number of benzene rings is 2. The molecule has 0 unspecified atom stereocenters. The first kappa shape index (κ1) is 13.2. The summed E-state index contributed by atoms with van der Waals surface area (Å²) >= 11 is 1.10. The van der Waals surface area contributed by atoms with Gasteiger partial charge in [0.25, 0.3) is 0 Å². The van der Waals surface area contributed by atoms with Gasteiger partial charge in [0, 0.05) is 11.1 Å². The van der Waals surface area contributed by atoms with Gasteiger partial charge in [0.05, 0.1) is 0 Å². The maximum atomic E-state index is 9.10. The second-order valence-corrected chi connectivity index (χ2v) is 4.62. The molecule has 2 aromatic rings. The second kappa shape index (κ2) is 6.61. The number of hydrogen-bond donors (Lipinski definition) is 2. The molecule has 0 saturated carbocycles. The van der Waals surface area contributed by atoms with Crippen molar-refractivity contribution in [2.45, 2.75) is 0 Å². The molecule has 0 fully saturated rings. The summed E-state index contributed by atoms with van der Waals surface area (Å²) in [4.78, 5) is 0. The van der Waals surface area contributed by atoms with Crippen molar-refractivity contribution >= 4 is 21.8 Å². The molecule has 0 bridgehead atoms. The Morgan fingerprint density at radius 3 is 1.37 bits per heavy atom. The van der Waals surface area contributed by atoms with E-state index in [0.717, 1.165) is 22.9 Å². The zero-order valence-corrected chi connectivity index (χ0v) is 10.8. The number of nitrogens with zero attached hydrogens (tertiary/aromatic N) is 2. The Kier molecular flexibility index (Phi) is 4.58.